The molecule has 168 valence electrons. The van der Waals surface area contributed by atoms with Gasteiger partial charge in [0, 0.05) is 15.9 Å². The second kappa shape index (κ2) is 10.0. The molecule has 0 unspecified atom stereocenters. The Morgan fingerprint density at radius 1 is 1.00 bits per heavy atom. The van der Waals surface area contributed by atoms with Gasteiger partial charge in [-0.05, 0) is 24.3 Å². The van der Waals surface area contributed by atoms with Crippen molar-refractivity contribution in [3.05, 3.63) is 82.4 Å². The number of fused-ring (bicyclic) bond motifs is 1. The average Bonchev–Trinajstić information content (AvgIpc) is 2.83. The van der Waals surface area contributed by atoms with E-state index >= 15 is 0 Å². The molecule has 0 saturated heterocycles. The second-order valence-electron chi connectivity index (χ2n) is 6.81. The van der Waals surface area contributed by atoms with Crippen molar-refractivity contribution in [2.75, 3.05) is 25.1 Å². The highest BCUT2D eigenvalue weighted by atomic mass is 32.2. The highest BCUT2D eigenvalue weighted by Crippen LogP contribution is 2.37. The fraction of sp³-hybridized carbons (Fsp3) is 0.130. The molecule has 0 aromatic heterocycles. The minimum absolute atomic E-state index is 0.176. The number of carbonyl (C=O) groups is 2. The summed E-state index contributed by atoms with van der Waals surface area (Å²) in [7, 11) is 0. The average molecular weight is 466 g/mol. The van der Waals surface area contributed by atoms with Crippen LogP contribution in [0.3, 0.4) is 0 Å². The summed E-state index contributed by atoms with van der Waals surface area (Å²) in [6, 6.07) is 19.2. The third-order valence-corrected chi connectivity index (χ3v) is 5.63. The van der Waals surface area contributed by atoms with Gasteiger partial charge in [-0.1, -0.05) is 42.1 Å². The summed E-state index contributed by atoms with van der Waals surface area (Å²) in [5.41, 5.74) is -0.260. The van der Waals surface area contributed by atoms with Crippen molar-refractivity contribution in [2.45, 2.75) is 9.79 Å². The first-order chi connectivity index (χ1) is 16.0. The summed E-state index contributed by atoms with van der Waals surface area (Å²) in [6.45, 7) is -0.116. The molecule has 10 heteroatoms. The molecule has 4 rings (SSSR count). The first-order valence-corrected chi connectivity index (χ1v) is 10.7. The third-order valence-electron chi connectivity index (χ3n) is 4.54. The van der Waals surface area contributed by atoms with Crippen LogP contribution in [0.4, 0.5) is 11.4 Å². The van der Waals surface area contributed by atoms with Crippen LogP contribution in [0.2, 0.25) is 0 Å². The fourth-order valence-electron chi connectivity index (χ4n) is 3.06. The predicted octanol–water partition coefficient (Wildman–Crippen LogP) is 4.31. The highest BCUT2D eigenvalue weighted by molar-refractivity contribution is 7.99. The Labute approximate surface area is 192 Å². The van der Waals surface area contributed by atoms with Gasteiger partial charge >= 0.3 is 5.97 Å². The smallest absolute Gasteiger partial charge is 0.345 e. The molecule has 0 spiro atoms. The lowest BCUT2D eigenvalue weighted by molar-refractivity contribution is -0.385. The molecule has 0 saturated carbocycles. The SMILES string of the molecule is O=C(COC(=O)c1cc2c(cc1[N+](=O)[O-])OCCO2)Nc1ccccc1Sc1ccccc1. The highest BCUT2D eigenvalue weighted by Gasteiger charge is 2.27. The summed E-state index contributed by atoms with van der Waals surface area (Å²) in [5.74, 6) is -1.21. The number of esters is 1. The number of amides is 1. The molecule has 3 aromatic carbocycles. The van der Waals surface area contributed by atoms with Gasteiger partial charge in [0.1, 0.15) is 18.8 Å². The Bertz CT molecular complexity index is 1200. The summed E-state index contributed by atoms with van der Waals surface area (Å²) < 4.78 is 15.7. The van der Waals surface area contributed by atoms with Gasteiger partial charge < -0.3 is 19.5 Å². The van der Waals surface area contributed by atoms with Crippen LogP contribution in [0.25, 0.3) is 0 Å². The Morgan fingerprint density at radius 2 is 1.67 bits per heavy atom. The number of hydrogen-bond acceptors (Lipinski definition) is 8. The molecular weight excluding hydrogens is 448 g/mol. The monoisotopic (exact) mass is 466 g/mol. The van der Waals surface area contributed by atoms with E-state index in [1.54, 1.807) is 12.1 Å². The van der Waals surface area contributed by atoms with Crippen LogP contribution in [0.5, 0.6) is 11.5 Å². The Kier molecular flexibility index (Phi) is 6.75. The van der Waals surface area contributed by atoms with Gasteiger partial charge in [0.05, 0.1) is 16.7 Å². The Morgan fingerprint density at radius 3 is 2.39 bits per heavy atom. The lowest BCUT2D eigenvalue weighted by atomic mass is 10.1. The third kappa shape index (κ3) is 5.42. The molecule has 1 heterocycles. The van der Waals surface area contributed by atoms with Gasteiger partial charge in [-0.2, -0.15) is 0 Å². The number of rotatable bonds is 7. The van der Waals surface area contributed by atoms with Gasteiger partial charge in [-0.3, -0.25) is 14.9 Å². The molecular formula is C23H18N2O7S. The quantitative estimate of drug-likeness (QED) is 0.311. The molecule has 1 aliphatic rings. The number of nitrogens with one attached hydrogen (secondary N) is 1. The van der Waals surface area contributed by atoms with Crippen molar-refractivity contribution >= 4 is 35.0 Å². The number of para-hydroxylation sites is 1. The van der Waals surface area contributed by atoms with Crippen LogP contribution in [0.1, 0.15) is 10.4 Å². The predicted molar refractivity (Wildman–Crippen MR) is 120 cm³/mol. The van der Waals surface area contributed by atoms with Crippen LogP contribution in [0.15, 0.2) is 76.5 Å². The summed E-state index contributed by atoms with van der Waals surface area (Å²) in [5, 5.41) is 14.1. The summed E-state index contributed by atoms with van der Waals surface area (Å²) >= 11 is 1.47. The largest absolute Gasteiger partial charge is 0.486 e. The van der Waals surface area contributed by atoms with E-state index in [2.05, 4.69) is 5.32 Å². The number of nitrogens with zero attached hydrogens (tertiary/aromatic N) is 1. The number of nitro benzene ring substituents is 1. The maximum Gasteiger partial charge on any atom is 0.345 e. The van der Waals surface area contributed by atoms with E-state index in [9.17, 15) is 19.7 Å². The van der Waals surface area contributed by atoms with Crippen LogP contribution in [0, 0.1) is 10.1 Å². The number of ether oxygens (including phenoxy) is 3. The molecule has 0 radical (unpaired) electrons. The van der Waals surface area contributed by atoms with Crippen LogP contribution in [-0.2, 0) is 9.53 Å². The normalized spacial score (nSPS) is 12.0. The zero-order chi connectivity index (χ0) is 23.2. The summed E-state index contributed by atoms with van der Waals surface area (Å²) in [6.07, 6.45) is 0. The van der Waals surface area contributed by atoms with Gasteiger partial charge in [0.2, 0.25) is 0 Å². The van der Waals surface area contributed by atoms with Crippen molar-refractivity contribution in [2.24, 2.45) is 0 Å². The lowest BCUT2D eigenvalue weighted by Gasteiger charge is -2.18. The van der Waals surface area contributed by atoms with E-state index in [4.69, 9.17) is 14.2 Å². The number of carbonyl (C=O) groups excluding carboxylic acids is 2. The maximum absolute atomic E-state index is 12.5. The Balaban J connectivity index is 1.43. The fourth-order valence-corrected chi connectivity index (χ4v) is 3.98. The first-order valence-electron chi connectivity index (χ1n) is 9.88. The van der Waals surface area contributed by atoms with Crippen molar-refractivity contribution < 1.29 is 28.7 Å². The van der Waals surface area contributed by atoms with E-state index in [1.807, 2.05) is 42.5 Å². The number of hydrogen-bond donors (Lipinski definition) is 1. The topological polar surface area (TPSA) is 117 Å². The number of anilines is 1. The summed E-state index contributed by atoms with van der Waals surface area (Å²) in [4.78, 5) is 37.4. The van der Waals surface area contributed by atoms with Gasteiger partial charge in [-0.25, -0.2) is 4.79 Å². The zero-order valence-corrected chi connectivity index (χ0v) is 18.0. The molecule has 9 nitrogen and oxygen atoms in total. The van der Waals surface area contributed by atoms with Crippen molar-refractivity contribution in [3.8, 4) is 11.5 Å². The van der Waals surface area contributed by atoms with Crippen LogP contribution in [-0.4, -0.2) is 36.6 Å². The second-order valence-corrected chi connectivity index (χ2v) is 7.92. The standard InChI is InChI=1S/C23H18N2O7S/c26-22(24-17-8-4-5-9-21(17)33-15-6-2-1-3-7-15)14-32-23(27)16-12-19-20(31-11-10-30-19)13-18(16)25(28)29/h1-9,12-13H,10-11,14H2,(H,24,26). The minimum atomic E-state index is -1.01. The van der Waals surface area contributed by atoms with E-state index in [-0.39, 0.29) is 30.3 Å². The van der Waals surface area contributed by atoms with E-state index < -0.39 is 29.1 Å². The van der Waals surface area contributed by atoms with E-state index in [1.165, 1.54) is 17.8 Å². The number of benzene rings is 3. The molecule has 1 amide bonds. The molecule has 1 N–H and O–H groups in total. The zero-order valence-electron chi connectivity index (χ0n) is 17.2. The molecule has 0 fully saturated rings. The minimum Gasteiger partial charge on any atom is -0.486 e. The van der Waals surface area contributed by atoms with Crippen molar-refractivity contribution in [1.82, 2.24) is 0 Å². The molecule has 33 heavy (non-hydrogen) atoms. The molecule has 0 bridgehead atoms. The van der Waals surface area contributed by atoms with Crippen LogP contribution >= 0.6 is 11.8 Å². The maximum atomic E-state index is 12.5. The molecule has 3 aromatic rings. The number of nitro groups is 1. The van der Waals surface area contributed by atoms with Crippen molar-refractivity contribution in [1.29, 1.82) is 0 Å². The molecule has 0 atom stereocenters. The van der Waals surface area contributed by atoms with E-state index in [0.717, 1.165) is 15.9 Å². The first kappa shape index (κ1) is 22.2. The van der Waals surface area contributed by atoms with Gasteiger partial charge in [0.25, 0.3) is 11.6 Å². The van der Waals surface area contributed by atoms with Gasteiger partial charge in [0.15, 0.2) is 18.1 Å². The molecule has 1 aliphatic heterocycles. The lowest BCUT2D eigenvalue weighted by Crippen LogP contribution is -2.22. The van der Waals surface area contributed by atoms with Crippen LogP contribution < -0.4 is 14.8 Å². The molecule has 0 aliphatic carbocycles. The van der Waals surface area contributed by atoms with Crippen molar-refractivity contribution in [3.63, 3.8) is 0 Å². The van der Waals surface area contributed by atoms with Gasteiger partial charge in [-0.15, -0.1) is 0 Å². The Hall–Kier alpha value is -4.05. The van der Waals surface area contributed by atoms with E-state index in [0.29, 0.717) is 5.69 Å².